The quantitative estimate of drug-likeness (QED) is 0.145. The Balaban J connectivity index is 2.09. The molecule has 2 N–H and O–H groups in total. The lowest BCUT2D eigenvalue weighted by Crippen LogP contribution is -2.33. The summed E-state index contributed by atoms with van der Waals surface area (Å²) in [5, 5.41) is 30.9. The van der Waals surface area contributed by atoms with E-state index in [1.807, 2.05) is 0 Å². The first-order chi connectivity index (χ1) is 14.8. The normalized spacial score (nSPS) is 17.9. The third-order valence-electron chi connectivity index (χ3n) is 4.77. The predicted molar refractivity (Wildman–Crippen MR) is 114 cm³/mol. The number of nitrogens with zero attached hydrogens (tertiary/aromatic N) is 2. The van der Waals surface area contributed by atoms with E-state index in [4.69, 9.17) is 9.84 Å². The molecule has 1 aliphatic rings. The van der Waals surface area contributed by atoms with Crippen molar-refractivity contribution in [3.8, 4) is 0 Å². The Morgan fingerprint density at radius 1 is 1.16 bits per heavy atom. The third kappa shape index (κ3) is 4.82. The van der Waals surface area contributed by atoms with E-state index in [1.54, 1.807) is 24.3 Å². The number of ether oxygens (including phenoxy) is 1. The Kier molecular flexibility index (Phi) is 7.16. The Hall–Kier alpha value is -3.08. The standard InChI is InChI=1S/C21H19BrN2O7/c22-15-6-4-13(5-7-15)18-17(19(26)14-2-1-3-16(12-14)24(29)30)20(27)21(28)23(18)8-10-31-11-9-25/h1-7,12,18,25-26H,8-11H2/b19-17+/t18-/m1/s1. The maximum absolute atomic E-state index is 12.9. The van der Waals surface area contributed by atoms with E-state index < -0.39 is 28.4 Å². The molecule has 10 heteroatoms. The lowest BCUT2D eigenvalue weighted by Gasteiger charge is -2.25. The van der Waals surface area contributed by atoms with Crippen LogP contribution in [0.5, 0.6) is 0 Å². The number of aliphatic hydroxyl groups is 2. The number of halogens is 1. The Morgan fingerprint density at radius 2 is 1.87 bits per heavy atom. The van der Waals surface area contributed by atoms with Crippen LogP contribution in [-0.2, 0) is 14.3 Å². The Bertz CT molecular complexity index is 1040. The average molecular weight is 491 g/mol. The van der Waals surface area contributed by atoms with Crippen molar-refractivity contribution in [2.24, 2.45) is 0 Å². The summed E-state index contributed by atoms with van der Waals surface area (Å²) in [5.41, 5.74) is 0.230. The number of benzene rings is 2. The lowest BCUT2D eigenvalue weighted by molar-refractivity contribution is -0.384. The smallest absolute Gasteiger partial charge is 0.295 e. The maximum atomic E-state index is 12.9. The van der Waals surface area contributed by atoms with Gasteiger partial charge in [0.15, 0.2) is 0 Å². The lowest BCUT2D eigenvalue weighted by atomic mass is 9.95. The van der Waals surface area contributed by atoms with E-state index in [0.717, 1.165) is 10.5 Å². The summed E-state index contributed by atoms with van der Waals surface area (Å²) in [6.07, 6.45) is 0. The molecule has 0 aromatic heterocycles. The van der Waals surface area contributed by atoms with Gasteiger partial charge in [0.25, 0.3) is 17.4 Å². The number of hydrogen-bond acceptors (Lipinski definition) is 7. The van der Waals surface area contributed by atoms with Crippen molar-refractivity contribution in [1.82, 2.24) is 4.90 Å². The number of aliphatic hydroxyl groups excluding tert-OH is 2. The number of nitro benzene ring substituents is 1. The number of ketones is 1. The van der Waals surface area contributed by atoms with E-state index >= 15 is 0 Å². The highest BCUT2D eigenvalue weighted by molar-refractivity contribution is 9.10. The van der Waals surface area contributed by atoms with Crippen LogP contribution >= 0.6 is 15.9 Å². The molecule has 1 saturated heterocycles. The van der Waals surface area contributed by atoms with Gasteiger partial charge in [-0.3, -0.25) is 19.7 Å². The van der Waals surface area contributed by atoms with Crippen LogP contribution in [0.25, 0.3) is 5.76 Å². The van der Waals surface area contributed by atoms with E-state index in [-0.39, 0.29) is 43.2 Å². The zero-order valence-corrected chi connectivity index (χ0v) is 17.8. The van der Waals surface area contributed by atoms with Crippen molar-refractivity contribution in [1.29, 1.82) is 0 Å². The van der Waals surface area contributed by atoms with Gasteiger partial charge in [0, 0.05) is 28.7 Å². The largest absolute Gasteiger partial charge is 0.507 e. The van der Waals surface area contributed by atoms with Crippen LogP contribution in [-0.4, -0.2) is 58.1 Å². The number of carbonyl (C=O) groups excluding carboxylic acids is 2. The highest BCUT2D eigenvalue weighted by atomic mass is 79.9. The van der Waals surface area contributed by atoms with Crippen LogP contribution in [0.1, 0.15) is 17.2 Å². The second-order valence-corrected chi connectivity index (χ2v) is 7.60. The summed E-state index contributed by atoms with van der Waals surface area (Å²) in [7, 11) is 0. The number of rotatable bonds is 8. The van der Waals surface area contributed by atoms with Crippen molar-refractivity contribution < 1.29 is 29.5 Å². The molecule has 0 aliphatic carbocycles. The monoisotopic (exact) mass is 490 g/mol. The zero-order valence-electron chi connectivity index (χ0n) is 16.2. The van der Waals surface area contributed by atoms with E-state index in [0.29, 0.717) is 5.56 Å². The summed E-state index contributed by atoms with van der Waals surface area (Å²) in [5.74, 6) is -2.19. The number of hydrogen-bond donors (Lipinski definition) is 2. The molecule has 1 amide bonds. The molecule has 0 unspecified atom stereocenters. The van der Waals surface area contributed by atoms with Gasteiger partial charge in [-0.2, -0.15) is 0 Å². The van der Waals surface area contributed by atoms with Gasteiger partial charge in [-0.25, -0.2) is 0 Å². The van der Waals surface area contributed by atoms with Crippen LogP contribution in [0.4, 0.5) is 5.69 Å². The van der Waals surface area contributed by atoms with Gasteiger partial charge in [0.1, 0.15) is 5.76 Å². The van der Waals surface area contributed by atoms with Crippen LogP contribution in [0.15, 0.2) is 58.6 Å². The van der Waals surface area contributed by atoms with Gasteiger partial charge >= 0.3 is 0 Å². The molecular weight excluding hydrogens is 472 g/mol. The fourth-order valence-electron chi connectivity index (χ4n) is 3.35. The third-order valence-corrected chi connectivity index (χ3v) is 5.30. The van der Waals surface area contributed by atoms with E-state index in [1.165, 1.54) is 23.1 Å². The first-order valence-electron chi connectivity index (χ1n) is 9.32. The van der Waals surface area contributed by atoms with Crippen LogP contribution in [0.2, 0.25) is 0 Å². The molecule has 0 radical (unpaired) electrons. The molecular formula is C21H19BrN2O7. The van der Waals surface area contributed by atoms with Crippen LogP contribution in [0, 0.1) is 10.1 Å². The molecule has 1 fully saturated rings. The fraction of sp³-hybridized carbons (Fsp3) is 0.238. The molecule has 0 spiro atoms. The second-order valence-electron chi connectivity index (χ2n) is 6.69. The number of likely N-dealkylation sites (tertiary alicyclic amines) is 1. The van der Waals surface area contributed by atoms with Crippen molar-refractivity contribution in [2.45, 2.75) is 6.04 Å². The molecule has 2 aromatic carbocycles. The van der Waals surface area contributed by atoms with Gasteiger partial charge in [-0.15, -0.1) is 0 Å². The molecule has 31 heavy (non-hydrogen) atoms. The molecule has 9 nitrogen and oxygen atoms in total. The minimum Gasteiger partial charge on any atom is -0.507 e. The van der Waals surface area contributed by atoms with Gasteiger partial charge < -0.3 is 19.8 Å². The van der Waals surface area contributed by atoms with Gasteiger partial charge in [-0.1, -0.05) is 40.2 Å². The molecule has 1 aliphatic heterocycles. The summed E-state index contributed by atoms with van der Waals surface area (Å²) in [6, 6.07) is 11.2. The minimum absolute atomic E-state index is 0.0526. The van der Waals surface area contributed by atoms with E-state index in [2.05, 4.69) is 15.9 Å². The maximum Gasteiger partial charge on any atom is 0.295 e. The van der Waals surface area contributed by atoms with Gasteiger partial charge in [0.05, 0.1) is 36.4 Å². The highest BCUT2D eigenvalue weighted by Gasteiger charge is 2.45. The van der Waals surface area contributed by atoms with Crippen molar-refractivity contribution in [2.75, 3.05) is 26.4 Å². The SMILES string of the molecule is O=C1C(=O)N(CCOCCO)[C@H](c2ccc(Br)cc2)/C1=C(\O)c1cccc([N+](=O)[O-])c1. The number of carbonyl (C=O) groups is 2. The van der Waals surface area contributed by atoms with Gasteiger partial charge in [-0.05, 0) is 17.7 Å². The summed E-state index contributed by atoms with van der Waals surface area (Å²) in [4.78, 5) is 37.4. The molecule has 3 rings (SSSR count). The molecule has 1 atom stereocenters. The van der Waals surface area contributed by atoms with Crippen molar-refractivity contribution in [3.63, 3.8) is 0 Å². The van der Waals surface area contributed by atoms with Crippen LogP contribution < -0.4 is 0 Å². The fourth-order valence-corrected chi connectivity index (χ4v) is 3.62. The van der Waals surface area contributed by atoms with Gasteiger partial charge in [0.2, 0.25) is 0 Å². The predicted octanol–water partition coefficient (Wildman–Crippen LogP) is 2.79. The van der Waals surface area contributed by atoms with Crippen LogP contribution in [0.3, 0.4) is 0 Å². The number of nitro groups is 1. The topological polar surface area (TPSA) is 130 Å². The summed E-state index contributed by atoms with van der Waals surface area (Å²) < 4.78 is 6.03. The Morgan fingerprint density at radius 3 is 2.52 bits per heavy atom. The highest BCUT2D eigenvalue weighted by Crippen LogP contribution is 2.39. The van der Waals surface area contributed by atoms with Crippen molar-refractivity contribution >= 4 is 39.1 Å². The Labute approximate surface area is 185 Å². The second kappa shape index (κ2) is 9.82. The molecule has 2 aromatic rings. The van der Waals surface area contributed by atoms with Crippen molar-refractivity contribution in [3.05, 3.63) is 79.8 Å². The molecule has 162 valence electrons. The first-order valence-corrected chi connectivity index (χ1v) is 10.1. The molecule has 0 saturated carbocycles. The first kappa shape index (κ1) is 22.6. The summed E-state index contributed by atoms with van der Waals surface area (Å²) >= 11 is 3.34. The number of non-ortho nitro benzene ring substituents is 1. The average Bonchev–Trinajstić information content (AvgIpc) is 3.01. The summed E-state index contributed by atoms with van der Waals surface area (Å²) in [6.45, 7) is 0.0385. The zero-order chi connectivity index (χ0) is 22.5. The molecule has 1 heterocycles. The molecule has 0 bridgehead atoms. The minimum atomic E-state index is -0.898. The number of amides is 1. The van der Waals surface area contributed by atoms with E-state index in [9.17, 15) is 24.8 Å². The number of Topliss-reactive ketones (excluding diaryl/α,β-unsaturated/α-hetero) is 1.